The van der Waals surface area contributed by atoms with Gasteiger partial charge in [-0.25, -0.2) is 4.79 Å². The average Bonchev–Trinajstić information content (AvgIpc) is 3.01. The fourth-order valence-corrected chi connectivity index (χ4v) is 1.51. The van der Waals surface area contributed by atoms with E-state index in [0.29, 0.717) is 11.7 Å². The highest BCUT2D eigenvalue weighted by atomic mass is 16.5. The maximum absolute atomic E-state index is 10.6. The van der Waals surface area contributed by atoms with Crippen LogP contribution in [0.15, 0.2) is 24.3 Å². The quantitative estimate of drug-likeness (QED) is 0.822. The molecule has 3 heteroatoms. The molecule has 80 valence electrons. The van der Waals surface area contributed by atoms with Crippen molar-refractivity contribution in [2.75, 3.05) is 0 Å². The molecule has 0 heterocycles. The number of rotatable bonds is 4. The number of benzene rings is 1. The zero-order valence-electron chi connectivity index (χ0n) is 8.64. The van der Waals surface area contributed by atoms with Crippen LogP contribution in [0.2, 0.25) is 0 Å². The molecular formula is C12H14O3. The first-order valence-corrected chi connectivity index (χ1v) is 5.16. The van der Waals surface area contributed by atoms with Gasteiger partial charge in [0.1, 0.15) is 5.75 Å². The molecule has 1 aliphatic rings. The van der Waals surface area contributed by atoms with Crippen molar-refractivity contribution < 1.29 is 14.6 Å². The van der Waals surface area contributed by atoms with Gasteiger partial charge in [-0.15, -0.1) is 0 Å². The molecule has 3 nitrogen and oxygen atoms in total. The predicted molar refractivity (Wildman–Crippen MR) is 56.1 cm³/mol. The third-order valence-corrected chi connectivity index (χ3v) is 2.57. The lowest BCUT2D eigenvalue weighted by Gasteiger charge is -2.11. The minimum absolute atomic E-state index is 0.648. The molecule has 0 radical (unpaired) electrons. The molecule has 1 N–H and O–H groups in total. The van der Waals surface area contributed by atoms with Crippen LogP contribution < -0.4 is 4.74 Å². The summed E-state index contributed by atoms with van der Waals surface area (Å²) in [6, 6.07) is 7.72. The Morgan fingerprint density at radius 1 is 1.53 bits per heavy atom. The second-order valence-corrected chi connectivity index (χ2v) is 3.95. The summed E-state index contributed by atoms with van der Waals surface area (Å²) in [5.74, 6) is 0.370. The molecule has 1 atom stereocenters. The monoisotopic (exact) mass is 206 g/mol. The van der Waals surface area contributed by atoms with Gasteiger partial charge in [0.2, 0.25) is 0 Å². The van der Waals surface area contributed by atoms with Gasteiger partial charge in [-0.1, -0.05) is 12.1 Å². The highest BCUT2D eigenvalue weighted by Crippen LogP contribution is 2.40. The molecule has 0 saturated heterocycles. The number of carbonyl (C=O) groups is 1. The van der Waals surface area contributed by atoms with Gasteiger partial charge in [0.15, 0.2) is 6.10 Å². The number of hydrogen-bond acceptors (Lipinski definition) is 2. The molecule has 2 rings (SSSR count). The number of ether oxygens (including phenoxy) is 1. The first-order valence-electron chi connectivity index (χ1n) is 5.16. The van der Waals surface area contributed by atoms with Crippen LogP contribution in [0.4, 0.5) is 0 Å². The first-order chi connectivity index (χ1) is 7.16. The highest BCUT2D eigenvalue weighted by Gasteiger charge is 2.23. The second kappa shape index (κ2) is 3.93. The van der Waals surface area contributed by atoms with E-state index in [-0.39, 0.29) is 0 Å². The van der Waals surface area contributed by atoms with Gasteiger partial charge < -0.3 is 9.84 Å². The second-order valence-electron chi connectivity index (χ2n) is 3.95. The molecule has 1 aliphatic carbocycles. The summed E-state index contributed by atoms with van der Waals surface area (Å²) in [5, 5.41) is 8.71. The predicted octanol–water partition coefficient (Wildman–Crippen LogP) is 2.42. The van der Waals surface area contributed by atoms with E-state index in [9.17, 15) is 4.79 Å². The molecule has 0 amide bonds. The Labute approximate surface area is 88.7 Å². The van der Waals surface area contributed by atoms with Gasteiger partial charge in [0, 0.05) is 0 Å². The lowest BCUT2D eigenvalue weighted by Crippen LogP contribution is -2.22. The standard InChI is InChI=1S/C12H14O3/c1-8(12(13)14)15-11-4-2-3-10(7-11)9-5-6-9/h2-4,7-9H,5-6H2,1H3,(H,13,14). The summed E-state index contributed by atoms with van der Waals surface area (Å²) in [6.45, 7) is 1.53. The number of hydrogen-bond donors (Lipinski definition) is 1. The number of aliphatic carboxylic acids is 1. The van der Waals surface area contributed by atoms with Crippen molar-refractivity contribution in [1.29, 1.82) is 0 Å². The van der Waals surface area contributed by atoms with Crippen LogP contribution in [0.25, 0.3) is 0 Å². The van der Waals surface area contributed by atoms with Crippen molar-refractivity contribution in [3.05, 3.63) is 29.8 Å². The van der Waals surface area contributed by atoms with E-state index in [4.69, 9.17) is 9.84 Å². The lowest BCUT2D eigenvalue weighted by atomic mass is 10.1. The van der Waals surface area contributed by atoms with E-state index in [0.717, 1.165) is 0 Å². The topological polar surface area (TPSA) is 46.5 Å². The van der Waals surface area contributed by atoms with Gasteiger partial charge in [0.25, 0.3) is 0 Å². The van der Waals surface area contributed by atoms with Gasteiger partial charge in [-0.3, -0.25) is 0 Å². The van der Waals surface area contributed by atoms with Crippen molar-refractivity contribution in [3.63, 3.8) is 0 Å². The van der Waals surface area contributed by atoms with Crippen molar-refractivity contribution in [2.24, 2.45) is 0 Å². The fraction of sp³-hybridized carbons (Fsp3) is 0.417. The van der Waals surface area contributed by atoms with Gasteiger partial charge in [-0.2, -0.15) is 0 Å². The van der Waals surface area contributed by atoms with E-state index in [1.807, 2.05) is 12.1 Å². The number of carboxylic acid groups (broad SMARTS) is 1. The zero-order valence-corrected chi connectivity index (χ0v) is 8.64. The van der Waals surface area contributed by atoms with Gasteiger partial charge in [-0.05, 0) is 43.4 Å². The van der Waals surface area contributed by atoms with Crippen LogP contribution in [0, 0.1) is 0 Å². The SMILES string of the molecule is CC(Oc1cccc(C2CC2)c1)C(=O)O. The average molecular weight is 206 g/mol. The maximum Gasteiger partial charge on any atom is 0.344 e. The minimum atomic E-state index is -0.938. The van der Waals surface area contributed by atoms with Crippen LogP contribution in [0.1, 0.15) is 31.2 Å². The van der Waals surface area contributed by atoms with E-state index in [2.05, 4.69) is 6.07 Å². The Kier molecular flexibility index (Phi) is 2.62. The van der Waals surface area contributed by atoms with E-state index < -0.39 is 12.1 Å². The Bertz CT molecular complexity index is 369. The van der Waals surface area contributed by atoms with Crippen molar-refractivity contribution in [3.8, 4) is 5.75 Å². The Hall–Kier alpha value is -1.51. The highest BCUT2D eigenvalue weighted by molar-refractivity contribution is 5.72. The Balaban J connectivity index is 2.07. The van der Waals surface area contributed by atoms with Crippen LogP contribution in [0.3, 0.4) is 0 Å². The zero-order chi connectivity index (χ0) is 10.8. The summed E-state index contributed by atoms with van der Waals surface area (Å²) < 4.78 is 5.29. The Morgan fingerprint density at radius 2 is 2.27 bits per heavy atom. The smallest absolute Gasteiger partial charge is 0.344 e. The van der Waals surface area contributed by atoms with E-state index in [1.165, 1.54) is 25.3 Å². The summed E-state index contributed by atoms with van der Waals surface area (Å²) in [5.41, 5.74) is 1.25. The van der Waals surface area contributed by atoms with Crippen molar-refractivity contribution in [1.82, 2.24) is 0 Å². The third-order valence-electron chi connectivity index (χ3n) is 2.57. The molecule has 1 unspecified atom stereocenters. The molecule has 1 saturated carbocycles. The van der Waals surface area contributed by atoms with E-state index >= 15 is 0 Å². The molecule has 0 aromatic heterocycles. The summed E-state index contributed by atoms with van der Waals surface area (Å²) in [7, 11) is 0. The van der Waals surface area contributed by atoms with Gasteiger partial charge >= 0.3 is 5.97 Å². The molecule has 1 fully saturated rings. The molecular weight excluding hydrogens is 192 g/mol. The first kappa shape index (κ1) is 10.0. The molecule has 1 aromatic rings. The molecule has 0 spiro atoms. The minimum Gasteiger partial charge on any atom is -0.479 e. The normalized spacial score (nSPS) is 17.1. The third kappa shape index (κ3) is 2.49. The van der Waals surface area contributed by atoms with Crippen LogP contribution in [0.5, 0.6) is 5.75 Å². The van der Waals surface area contributed by atoms with Crippen LogP contribution >= 0.6 is 0 Å². The van der Waals surface area contributed by atoms with Crippen LogP contribution in [-0.4, -0.2) is 17.2 Å². The van der Waals surface area contributed by atoms with Gasteiger partial charge in [0.05, 0.1) is 0 Å². The summed E-state index contributed by atoms with van der Waals surface area (Å²) in [4.78, 5) is 10.6. The molecule has 0 bridgehead atoms. The molecule has 1 aromatic carbocycles. The maximum atomic E-state index is 10.6. The molecule has 15 heavy (non-hydrogen) atoms. The number of carboxylic acids is 1. The van der Waals surface area contributed by atoms with E-state index in [1.54, 1.807) is 6.07 Å². The largest absolute Gasteiger partial charge is 0.479 e. The van der Waals surface area contributed by atoms with Crippen LogP contribution in [-0.2, 0) is 4.79 Å². The lowest BCUT2D eigenvalue weighted by molar-refractivity contribution is -0.144. The summed E-state index contributed by atoms with van der Waals surface area (Å²) >= 11 is 0. The fourth-order valence-electron chi connectivity index (χ4n) is 1.51. The summed E-state index contributed by atoms with van der Waals surface area (Å²) in [6.07, 6.45) is 1.68. The Morgan fingerprint density at radius 3 is 2.87 bits per heavy atom. The molecule has 0 aliphatic heterocycles. The van der Waals surface area contributed by atoms with Crippen molar-refractivity contribution in [2.45, 2.75) is 31.8 Å². The van der Waals surface area contributed by atoms with Crippen molar-refractivity contribution >= 4 is 5.97 Å².